The van der Waals surface area contributed by atoms with Crippen LogP contribution in [-0.4, -0.2) is 30.2 Å². The number of hydrogen-bond donors (Lipinski definition) is 3. The van der Waals surface area contributed by atoms with Gasteiger partial charge in [0.15, 0.2) is 0 Å². The van der Waals surface area contributed by atoms with E-state index in [2.05, 4.69) is 10.6 Å². The fourth-order valence-electron chi connectivity index (χ4n) is 2.71. The van der Waals surface area contributed by atoms with Gasteiger partial charge in [-0.15, -0.1) is 0 Å². The summed E-state index contributed by atoms with van der Waals surface area (Å²) >= 11 is 0. The van der Waals surface area contributed by atoms with E-state index in [0.29, 0.717) is 18.0 Å². The maximum absolute atomic E-state index is 12.2. The highest BCUT2D eigenvalue weighted by atomic mass is 16.3. The third kappa shape index (κ3) is 3.97. The number of amides is 1. The van der Waals surface area contributed by atoms with Gasteiger partial charge in [0.1, 0.15) is 0 Å². The molecule has 0 unspecified atom stereocenters. The molecule has 1 aliphatic carbocycles. The van der Waals surface area contributed by atoms with E-state index in [-0.39, 0.29) is 12.0 Å². The molecule has 0 saturated heterocycles. The van der Waals surface area contributed by atoms with E-state index in [1.165, 1.54) is 0 Å². The van der Waals surface area contributed by atoms with E-state index in [1.54, 1.807) is 0 Å². The molecule has 3 N–H and O–H groups in total. The van der Waals surface area contributed by atoms with Crippen LogP contribution in [0.5, 0.6) is 0 Å². The lowest BCUT2D eigenvalue weighted by Crippen LogP contribution is -2.32. The monoisotopic (exact) mass is 276 g/mol. The lowest BCUT2D eigenvalue weighted by molar-refractivity contribution is 0.0911. The number of nitrogens with one attached hydrogen (secondary N) is 2. The summed E-state index contributed by atoms with van der Waals surface area (Å²) in [7, 11) is 0. The molecule has 0 radical (unpaired) electrons. The topological polar surface area (TPSA) is 61.4 Å². The van der Waals surface area contributed by atoms with Crippen LogP contribution in [0.3, 0.4) is 0 Å². The van der Waals surface area contributed by atoms with Gasteiger partial charge in [-0.05, 0) is 50.7 Å². The number of rotatable bonds is 5. The molecule has 1 aromatic carbocycles. The molecular formula is C16H24N2O2. The Balaban J connectivity index is 1.88. The lowest BCUT2D eigenvalue weighted by atomic mass is 9.87. The third-order valence-electron chi connectivity index (χ3n) is 3.91. The summed E-state index contributed by atoms with van der Waals surface area (Å²) in [6.45, 7) is 3.51. The molecule has 1 aliphatic rings. The molecule has 110 valence electrons. The average Bonchev–Trinajstić information content (AvgIpc) is 2.47. The van der Waals surface area contributed by atoms with Crippen LogP contribution in [-0.2, 0) is 0 Å². The number of anilines is 1. The first-order valence-electron chi connectivity index (χ1n) is 7.50. The summed E-state index contributed by atoms with van der Waals surface area (Å²) in [5.74, 6) is 0.473. The Hall–Kier alpha value is -1.55. The number of para-hydroxylation sites is 1. The van der Waals surface area contributed by atoms with Crippen molar-refractivity contribution in [1.82, 2.24) is 5.32 Å². The Kier molecular flexibility index (Phi) is 5.41. The van der Waals surface area contributed by atoms with Gasteiger partial charge >= 0.3 is 0 Å². The molecular weight excluding hydrogens is 252 g/mol. The average molecular weight is 276 g/mol. The van der Waals surface area contributed by atoms with E-state index in [1.807, 2.05) is 31.2 Å². The molecule has 0 spiro atoms. The lowest BCUT2D eigenvalue weighted by Gasteiger charge is -2.25. The second-order valence-corrected chi connectivity index (χ2v) is 5.46. The molecule has 1 saturated carbocycles. The predicted molar refractivity (Wildman–Crippen MR) is 80.9 cm³/mol. The van der Waals surface area contributed by atoms with Gasteiger partial charge in [0, 0.05) is 18.8 Å². The van der Waals surface area contributed by atoms with Crippen molar-refractivity contribution in [3.05, 3.63) is 29.8 Å². The van der Waals surface area contributed by atoms with Crippen molar-refractivity contribution in [2.45, 2.75) is 38.7 Å². The zero-order chi connectivity index (χ0) is 14.4. The highest BCUT2D eigenvalue weighted by molar-refractivity contribution is 5.99. The van der Waals surface area contributed by atoms with Gasteiger partial charge in [-0.2, -0.15) is 0 Å². The molecule has 1 aromatic rings. The molecule has 4 nitrogen and oxygen atoms in total. The predicted octanol–water partition coefficient (Wildman–Crippen LogP) is 2.40. The molecule has 0 aromatic heterocycles. The van der Waals surface area contributed by atoms with Crippen molar-refractivity contribution in [3.8, 4) is 0 Å². The molecule has 0 atom stereocenters. The quantitative estimate of drug-likeness (QED) is 0.774. The molecule has 0 aliphatic heterocycles. The number of aliphatic hydroxyl groups excluding tert-OH is 1. The van der Waals surface area contributed by atoms with Crippen molar-refractivity contribution in [3.63, 3.8) is 0 Å². The van der Waals surface area contributed by atoms with Gasteiger partial charge in [-0.25, -0.2) is 0 Å². The van der Waals surface area contributed by atoms with Crippen LogP contribution in [0, 0.1) is 5.92 Å². The number of benzene rings is 1. The SMILES string of the molecule is CCNc1ccccc1C(=O)NCC1CCC(O)CC1. The van der Waals surface area contributed by atoms with Gasteiger partial charge in [0.05, 0.1) is 11.7 Å². The molecule has 20 heavy (non-hydrogen) atoms. The smallest absolute Gasteiger partial charge is 0.253 e. The number of aliphatic hydroxyl groups is 1. The van der Waals surface area contributed by atoms with Crippen molar-refractivity contribution in [1.29, 1.82) is 0 Å². The molecule has 4 heteroatoms. The fraction of sp³-hybridized carbons (Fsp3) is 0.562. The van der Waals surface area contributed by atoms with Crippen LogP contribution >= 0.6 is 0 Å². The number of carbonyl (C=O) groups is 1. The second-order valence-electron chi connectivity index (χ2n) is 5.46. The summed E-state index contributed by atoms with van der Waals surface area (Å²) < 4.78 is 0. The van der Waals surface area contributed by atoms with E-state index in [9.17, 15) is 9.90 Å². The Labute approximate surface area is 120 Å². The van der Waals surface area contributed by atoms with E-state index in [0.717, 1.165) is 37.9 Å². The minimum absolute atomic E-state index is 0.0207. The summed E-state index contributed by atoms with van der Waals surface area (Å²) in [6, 6.07) is 7.58. The Bertz CT molecular complexity index is 440. The Morgan fingerprint density at radius 2 is 1.95 bits per heavy atom. The van der Waals surface area contributed by atoms with Crippen molar-refractivity contribution < 1.29 is 9.90 Å². The van der Waals surface area contributed by atoms with Crippen molar-refractivity contribution in [2.75, 3.05) is 18.4 Å². The maximum atomic E-state index is 12.2. The molecule has 2 rings (SSSR count). The highest BCUT2D eigenvalue weighted by Gasteiger charge is 2.20. The third-order valence-corrected chi connectivity index (χ3v) is 3.91. The van der Waals surface area contributed by atoms with Crippen LogP contribution < -0.4 is 10.6 Å². The van der Waals surface area contributed by atoms with Gasteiger partial charge in [-0.1, -0.05) is 12.1 Å². The standard InChI is InChI=1S/C16H24N2O2/c1-2-17-15-6-4-3-5-14(15)16(20)18-11-12-7-9-13(19)10-8-12/h3-6,12-13,17,19H,2,7-11H2,1H3,(H,18,20). The van der Waals surface area contributed by atoms with Crippen LogP contribution in [0.2, 0.25) is 0 Å². The largest absolute Gasteiger partial charge is 0.393 e. The summed E-state index contributed by atoms with van der Waals surface area (Å²) in [5, 5.41) is 15.7. The zero-order valence-electron chi connectivity index (χ0n) is 12.1. The minimum Gasteiger partial charge on any atom is -0.393 e. The highest BCUT2D eigenvalue weighted by Crippen LogP contribution is 2.23. The van der Waals surface area contributed by atoms with Gasteiger partial charge in [0.25, 0.3) is 5.91 Å². The summed E-state index contributed by atoms with van der Waals surface area (Å²) in [4.78, 5) is 12.2. The second kappa shape index (κ2) is 7.29. The van der Waals surface area contributed by atoms with Gasteiger partial charge < -0.3 is 15.7 Å². The van der Waals surface area contributed by atoms with E-state index >= 15 is 0 Å². The normalized spacial score (nSPS) is 22.3. The maximum Gasteiger partial charge on any atom is 0.253 e. The van der Waals surface area contributed by atoms with Crippen LogP contribution in [0.1, 0.15) is 43.0 Å². The summed E-state index contributed by atoms with van der Waals surface area (Å²) in [6.07, 6.45) is 3.56. The van der Waals surface area contributed by atoms with E-state index < -0.39 is 0 Å². The van der Waals surface area contributed by atoms with Gasteiger partial charge in [-0.3, -0.25) is 4.79 Å². The molecule has 0 bridgehead atoms. The van der Waals surface area contributed by atoms with Crippen molar-refractivity contribution >= 4 is 11.6 Å². The fourth-order valence-corrected chi connectivity index (χ4v) is 2.71. The molecule has 1 fully saturated rings. The Morgan fingerprint density at radius 1 is 1.25 bits per heavy atom. The summed E-state index contributed by atoms with van der Waals surface area (Å²) in [5.41, 5.74) is 1.58. The first kappa shape index (κ1) is 14.9. The Morgan fingerprint density at radius 3 is 2.65 bits per heavy atom. The number of hydrogen-bond acceptors (Lipinski definition) is 3. The van der Waals surface area contributed by atoms with Crippen molar-refractivity contribution in [2.24, 2.45) is 5.92 Å². The minimum atomic E-state index is -0.142. The molecule has 0 heterocycles. The van der Waals surface area contributed by atoms with E-state index in [4.69, 9.17) is 0 Å². The van der Waals surface area contributed by atoms with Crippen LogP contribution in [0.4, 0.5) is 5.69 Å². The van der Waals surface area contributed by atoms with Crippen LogP contribution in [0.25, 0.3) is 0 Å². The first-order chi connectivity index (χ1) is 9.70. The first-order valence-corrected chi connectivity index (χ1v) is 7.50. The zero-order valence-corrected chi connectivity index (χ0v) is 12.1. The molecule has 1 amide bonds. The van der Waals surface area contributed by atoms with Crippen LogP contribution in [0.15, 0.2) is 24.3 Å². The van der Waals surface area contributed by atoms with Gasteiger partial charge in [0.2, 0.25) is 0 Å². The number of carbonyl (C=O) groups excluding carboxylic acids is 1.